The third kappa shape index (κ3) is 2.21. The minimum absolute atomic E-state index is 0.662. The van der Waals surface area contributed by atoms with Gasteiger partial charge in [0.15, 0.2) is 0 Å². The van der Waals surface area contributed by atoms with E-state index in [0.29, 0.717) is 12.1 Å². The zero-order valence-electron chi connectivity index (χ0n) is 14.0. The number of aromatic nitrogens is 3. The van der Waals surface area contributed by atoms with Crippen LogP contribution in [0.4, 0.5) is 0 Å². The number of fused-ring (bicyclic) bond motifs is 5. The second-order valence-corrected chi connectivity index (χ2v) is 6.39. The van der Waals surface area contributed by atoms with Gasteiger partial charge in [-0.25, -0.2) is 4.68 Å². The van der Waals surface area contributed by atoms with Gasteiger partial charge in [0, 0.05) is 28.9 Å². The van der Waals surface area contributed by atoms with E-state index in [1.807, 2.05) is 59.3 Å². The maximum atomic E-state index is 9.53. The lowest BCUT2D eigenvalue weighted by atomic mass is 9.97. The lowest BCUT2D eigenvalue weighted by Crippen LogP contribution is -2.04. The summed E-state index contributed by atoms with van der Waals surface area (Å²) in [5.74, 6) is 0. The summed E-state index contributed by atoms with van der Waals surface area (Å²) in [5.41, 5.74) is 6.46. The Bertz CT molecular complexity index is 1150. The predicted molar refractivity (Wildman–Crippen MR) is 101 cm³/mol. The van der Waals surface area contributed by atoms with Crippen LogP contribution in [0, 0.1) is 0 Å². The first-order valence-electron chi connectivity index (χ1n) is 8.58. The van der Waals surface area contributed by atoms with E-state index in [9.17, 15) is 5.21 Å². The molecule has 5 nitrogen and oxygen atoms in total. The number of para-hydroxylation sites is 1. The minimum atomic E-state index is 0.662. The number of nitrogens with zero attached hydrogens (tertiary/aromatic N) is 4. The molecule has 4 aromatic rings. The second-order valence-electron chi connectivity index (χ2n) is 6.39. The average Bonchev–Trinajstić information content (AvgIpc) is 3.06. The highest BCUT2D eigenvalue weighted by Crippen LogP contribution is 2.36. The van der Waals surface area contributed by atoms with Crippen molar-refractivity contribution in [3.63, 3.8) is 0 Å². The van der Waals surface area contributed by atoms with Crippen LogP contribution in [0.25, 0.3) is 27.8 Å². The van der Waals surface area contributed by atoms with E-state index in [1.165, 1.54) is 0 Å². The Morgan fingerprint density at radius 1 is 0.962 bits per heavy atom. The van der Waals surface area contributed by atoms with Crippen LogP contribution in [-0.2, 0) is 6.42 Å². The number of hydrogen-bond donors (Lipinski definition) is 1. The smallest absolute Gasteiger partial charge is 0.0988 e. The van der Waals surface area contributed by atoms with Gasteiger partial charge in [-0.2, -0.15) is 5.10 Å². The lowest BCUT2D eigenvalue weighted by molar-refractivity contribution is 0.318. The number of rotatable bonds is 1. The zero-order valence-corrected chi connectivity index (χ0v) is 14.0. The Balaban J connectivity index is 1.83. The summed E-state index contributed by atoms with van der Waals surface area (Å²) in [5, 5.41) is 19.0. The first kappa shape index (κ1) is 14.8. The fourth-order valence-electron chi connectivity index (χ4n) is 3.63. The molecular weight excluding hydrogens is 324 g/mol. The summed E-state index contributed by atoms with van der Waals surface area (Å²) in [6.07, 6.45) is 5.29. The van der Waals surface area contributed by atoms with Gasteiger partial charge in [0.2, 0.25) is 0 Å². The second kappa shape index (κ2) is 5.81. The molecule has 2 aromatic carbocycles. The van der Waals surface area contributed by atoms with Crippen molar-refractivity contribution in [1.29, 1.82) is 0 Å². The van der Waals surface area contributed by atoms with Gasteiger partial charge in [-0.15, -0.1) is 0 Å². The molecule has 0 amide bonds. The van der Waals surface area contributed by atoms with Crippen LogP contribution >= 0.6 is 0 Å². The van der Waals surface area contributed by atoms with E-state index < -0.39 is 0 Å². The Hall–Kier alpha value is -3.47. The zero-order chi connectivity index (χ0) is 17.5. The lowest BCUT2D eigenvalue weighted by Gasteiger charge is -2.10. The molecule has 0 bridgehead atoms. The van der Waals surface area contributed by atoms with Crippen molar-refractivity contribution < 1.29 is 5.21 Å². The Morgan fingerprint density at radius 3 is 2.69 bits per heavy atom. The first-order valence-corrected chi connectivity index (χ1v) is 8.58. The summed E-state index contributed by atoms with van der Waals surface area (Å²) in [6, 6.07) is 18.1. The molecule has 0 saturated carbocycles. The van der Waals surface area contributed by atoms with E-state index in [2.05, 4.69) is 16.3 Å². The SMILES string of the molecule is O/N=C1/CCc2cn(-c3ccccc3)nc2-c2c1ccc1cccnc21. The third-order valence-electron chi connectivity index (χ3n) is 4.88. The molecule has 2 aromatic heterocycles. The molecular formula is C21H16N4O. The molecule has 0 radical (unpaired) electrons. The van der Waals surface area contributed by atoms with Crippen LogP contribution in [0.5, 0.6) is 0 Å². The molecule has 0 spiro atoms. The average molecular weight is 340 g/mol. The molecule has 5 rings (SSSR count). The summed E-state index contributed by atoms with van der Waals surface area (Å²) >= 11 is 0. The van der Waals surface area contributed by atoms with Crippen LogP contribution in [0.2, 0.25) is 0 Å². The van der Waals surface area contributed by atoms with Gasteiger partial charge in [0.05, 0.1) is 22.6 Å². The van der Waals surface area contributed by atoms with Crippen molar-refractivity contribution in [2.45, 2.75) is 12.8 Å². The van der Waals surface area contributed by atoms with Gasteiger partial charge in [-0.1, -0.05) is 41.6 Å². The van der Waals surface area contributed by atoms with E-state index in [-0.39, 0.29) is 0 Å². The van der Waals surface area contributed by atoms with E-state index in [1.54, 1.807) is 6.20 Å². The molecule has 1 aliphatic rings. The quantitative estimate of drug-likeness (QED) is 0.417. The molecule has 2 heterocycles. The molecule has 126 valence electrons. The highest BCUT2D eigenvalue weighted by Gasteiger charge is 2.25. The van der Waals surface area contributed by atoms with Crippen molar-refractivity contribution in [3.8, 4) is 16.9 Å². The molecule has 5 heteroatoms. The Morgan fingerprint density at radius 2 is 1.85 bits per heavy atom. The largest absolute Gasteiger partial charge is 0.411 e. The molecule has 0 atom stereocenters. The molecule has 1 aliphatic carbocycles. The standard InChI is InChI=1S/C21H16N4O/c26-24-18-11-9-15-13-25(16-6-2-1-3-7-16)23-21(15)19-17(18)10-8-14-5-4-12-22-20(14)19/h1-8,10,12-13,26H,9,11H2/b24-18-. The Labute approximate surface area is 150 Å². The fraction of sp³-hybridized carbons (Fsp3) is 0.0952. The van der Waals surface area contributed by atoms with Crippen molar-refractivity contribution in [2.75, 3.05) is 0 Å². The number of pyridine rings is 1. The number of aryl methyl sites for hydroxylation is 1. The number of benzene rings is 2. The van der Waals surface area contributed by atoms with Crippen LogP contribution < -0.4 is 0 Å². The Kier molecular flexibility index (Phi) is 3.31. The molecule has 0 aliphatic heterocycles. The monoisotopic (exact) mass is 340 g/mol. The molecule has 0 fully saturated rings. The molecule has 26 heavy (non-hydrogen) atoms. The van der Waals surface area contributed by atoms with Crippen molar-refractivity contribution in [1.82, 2.24) is 14.8 Å². The molecule has 0 saturated heterocycles. The van der Waals surface area contributed by atoms with Gasteiger partial charge >= 0.3 is 0 Å². The van der Waals surface area contributed by atoms with E-state index in [4.69, 9.17) is 5.10 Å². The van der Waals surface area contributed by atoms with Gasteiger partial charge in [-0.05, 0) is 36.6 Å². The fourth-order valence-corrected chi connectivity index (χ4v) is 3.63. The van der Waals surface area contributed by atoms with Crippen molar-refractivity contribution >= 4 is 16.6 Å². The van der Waals surface area contributed by atoms with E-state index in [0.717, 1.165) is 45.4 Å². The summed E-state index contributed by atoms with van der Waals surface area (Å²) < 4.78 is 1.91. The van der Waals surface area contributed by atoms with Crippen LogP contribution in [0.3, 0.4) is 0 Å². The highest BCUT2D eigenvalue weighted by atomic mass is 16.4. The topological polar surface area (TPSA) is 63.3 Å². The van der Waals surface area contributed by atoms with Gasteiger partial charge in [0.1, 0.15) is 0 Å². The summed E-state index contributed by atoms with van der Waals surface area (Å²) in [7, 11) is 0. The molecule has 0 unspecified atom stereocenters. The third-order valence-corrected chi connectivity index (χ3v) is 4.88. The van der Waals surface area contributed by atoms with Crippen LogP contribution in [0.15, 0.2) is 72.1 Å². The van der Waals surface area contributed by atoms with E-state index >= 15 is 0 Å². The van der Waals surface area contributed by atoms with Crippen molar-refractivity contribution in [2.24, 2.45) is 5.16 Å². The summed E-state index contributed by atoms with van der Waals surface area (Å²) in [6.45, 7) is 0. The number of hydrogen-bond acceptors (Lipinski definition) is 4. The molecule has 1 N–H and O–H groups in total. The van der Waals surface area contributed by atoms with Gasteiger partial charge in [-0.3, -0.25) is 4.98 Å². The van der Waals surface area contributed by atoms with Crippen molar-refractivity contribution in [3.05, 3.63) is 78.1 Å². The van der Waals surface area contributed by atoms with Gasteiger partial charge in [0.25, 0.3) is 0 Å². The minimum Gasteiger partial charge on any atom is -0.411 e. The maximum absolute atomic E-state index is 9.53. The normalized spacial score (nSPS) is 14.8. The predicted octanol–water partition coefficient (Wildman–Crippen LogP) is 4.21. The van der Waals surface area contributed by atoms with Crippen LogP contribution in [0.1, 0.15) is 17.5 Å². The number of oxime groups is 1. The van der Waals surface area contributed by atoms with Crippen LogP contribution in [-0.4, -0.2) is 25.7 Å². The summed E-state index contributed by atoms with van der Waals surface area (Å²) in [4.78, 5) is 4.60. The van der Waals surface area contributed by atoms with Gasteiger partial charge < -0.3 is 5.21 Å². The first-order chi connectivity index (χ1) is 12.8. The maximum Gasteiger partial charge on any atom is 0.0988 e. The highest BCUT2D eigenvalue weighted by molar-refractivity contribution is 6.12.